The quantitative estimate of drug-likeness (QED) is 0.923. The molecule has 4 rings (SSSR count). The fraction of sp³-hybridized carbons (Fsp3) is 0.524. The SMILES string of the molecule is CN(C)c1nc2ccccc2cc1CN1CC[C@@H]2NC(=O)CCCC[C@H]21. The van der Waals surface area contributed by atoms with Crippen LogP contribution >= 0.6 is 0 Å². The third-order valence-electron chi connectivity index (χ3n) is 5.74. The standard InChI is InChI=1S/C21H28N4O/c1-24(2)21-16(13-15-7-3-4-8-17(15)23-21)14-25-12-11-18-19(25)9-5-6-10-20(26)22-18/h3-4,7-8,13,18-19H,5-6,9-12,14H2,1-2H3,(H,22,26)/t18-,19+/m0/s1. The van der Waals surface area contributed by atoms with Crippen LogP contribution in [0.25, 0.3) is 10.9 Å². The number of fused-ring (bicyclic) bond motifs is 2. The van der Waals surface area contributed by atoms with Crippen molar-refractivity contribution >= 4 is 22.6 Å². The molecule has 2 atom stereocenters. The molecule has 0 radical (unpaired) electrons. The lowest BCUT2D eigenvalue weighted by atomic mass is 9.98. The number of benzene rings is 1. The van der Waals surface area contributed by atoms with Crippen LogP contribution in [0.1, 0.15) is 37.7 Å². The second-order valence-electron chi connectivity index (χ2n) is 7.80. The van der Waals surface area contributed by atoms with Crippen molar-refractivity contribution in [3.63, 3.8) is 0 Å². The number of rotatable bonds is 3. The molecular weight excluding hydrogens is 324 g/mol. The van der Waals surface area contributed by atoms with Crippen molar-refractivity contribution in [2.75, 3.05) is 25.5 Å². The van der Waals surface area contributed by atoms with Crippen LogP contribution in [0, 0.1) is 0 Å². The lowest BCUT2D eigenvalue weighted by molar-refractivity contribution is -0.122. The van der Waals surface area contributed by atoms with Crippen molar-refractivity contribution in [2.45, 2.75) is 50.7 Å². The van der Waals surface area contributed by atoms with E-state index in [9.17, 15) is 4.79 Å². The molecule has 3 heterocycles. The highest BCUT2D eigenvalue weighted by atomic mass is 16.1. The van der Waals surface area contributed by atoms with Gasteiger partial charge in [-0.25, -0.2) is 4.98 Å². The number of aromatic nitrogens is 1. The van der Waals surface area contributed by atoms with Crippen molar-refractivity contribution in [3.05, 3.63) is 35.9 Å². The molecule has 1 aromatic heterocycles. The Morgan fingerprint density at radius 3 is 2.92 bits per heavy atom. The first-order valence-corrected chi connectivity index (χ1v) is 9.71. The Bertz CT molecular complexity index is 804. The maximum Gasteiger partial charge on any atom is 0.220 e. The van der Waals surface area contributed by atoms with Gasteiger partial charge in [0.2, 0.25) is 5.91 Å². The summed E-state index contributed by atoms with van der Waals surface area (Å²) >= 11 is 0. The Balaban J connectivity index is 1.62. The fourth-order valence-electron chi connectivity index (χ4n) is 4.46. The smallest absolute Gasteiger partial charge is 0.220 e. The summed E-state index contributed by atoms with van der Waals surface area (Å²) in [7, 11) is 4.12. The molecule has 2 aromatic rings. The molecule has 0 bridgehead atoms. The van der Waals surface area contributed by atoms with E-state index >= 15 is 0 Å². The van der Waals surface area contributed by atoms with Crippen LogP contribution < -0.4 is 10.2 Å². The number of amides is 1. The van der Waals surface area contributed by atoms with E-state index in [-0.39, 0.29) is 5.91 Å². The maximum atomic E-state index is 12.0. The Kier molecular flexibility index (Phi) is 4.81. The summed E-state index contributed by atoms with van der Waals surface area (Å²) in [4.78, 5) is 21.5. The summed E-state index contributed by atoms with van der Waals surface area (Å²) in [5, 5.41) is 4.45. The molecule has 2 aliphatic rings. The minimum atomic E-state index is 0.225. The van der Waals surface area contributed by atoms with Gasteiger partial charge in [0, 0.05) is 56.6 Å². The van der Waals surface area contributed by atoms with Gasteiger partial charge in [0.05, 0.1) is 5.52 Å². The molecule has 1 N–H and O–H groups in total. The highest BCUT2D eigenvalue weighted by Crippen LogP contribution is 2.30. The molecule has 5 heteroatoms. The highest BCUT2D eigenvalue weighted by Gasteiger charge is 2.35. The van der Waals surface area contributed by atoms with Crippen molar-refractivity contribution in [1.82, 2.24) is 15.2 Å². The van der Waals surface area contributed by atoms with Gasteiger partial charge in [-0.15, -0.1) is 0 Å². The molecule has 2 aliphatic heterocycles. The molecular formula is C21H28N4O. The number of para-hydroxylation sites is 1. The first-order chi connectivity index (χ1) is 12.6. The van der Waals surface area contributed by atoms with Crippen molar-refractivity contribution in [2.24, 2.45) is 0 Å². The molecule has 0 spiro atoms. The van der Waals surface area contributed by atoms with E-state index in [0.717, 1.165) is 43.7 Å². The molecule has 2 saturated heterocycles. The Hall–Kier alpha value is -2.14. The van der Waals surface area contributed by atoms with Gasteiger partial charge < -0.3 is 10.2 Å². The normalized spacial score (nSPS) is 24.0. The number of anilines is 1. The maximum absolute atomic E-state index is 12.0. The van der Waals surface area contributed by atoms with Crippen LogP contribution in [-0.2, 0) is 11.3 Å². The largest absolute Gasteiger partial charge is 0.362 e. The molecule has 26 heavy (non-hydrogen) atoms. The number of likely N-dealkylation sites (tertiary alicyclic amines) is 1. The second kappa shape index (κ2) is 7.23. The van der Waals surface area contributed by atoms with E-state index < -0.39 is 0 Å². The van der Waals surface area contributed by atoms with Crippen LogP contribution in [0.3, 0.4) is 0 Å². The van der Waals surface area contributed by atoms with Gasteiger partial charge in [-0.05, 0) is 31.4 Å². The number of hydrogen-bond acceptors (Lipinski definition) is 4. The zero-order chi connectivity index (χ0) is 18.1. The van der Waals surface area contributed by atoms with E-state index in [2.05, 4.69) is 53.5 Å². The van der Waals surface area contributed by atoms with Gasteiger partial charge in [0.25, 0.3) is 0 Å². The Labute approximate surface area is 155 Å². The Morgan fingerprint density at radius 1 is 1.23 bits per heavy atom. The van der Waals surface area contributed by atoms with Crippen molar-refractivity contribution < 1.29 is 4.79 Å². The third-order valence-corrected chi connectivity index (χ3v) is 5.74. The predicted molar refractivity (Wildman–Crippen MR) is 105 cm³/mol. The lowest BCUT2D eigenvalue weighted by Crippen LogP contribution is -2.45. The van der Waals surface area contributed by atoms with E-state index in [1.54, 1.807) is 0 Å². The van der Waals surface area contributed by atoms with Gasteiger partial charge in [0.1, 0.15) is 5.82 Å². The number of nitrogens with one attached hydrogen (secondary N) is 1. The summed E-state index contributed by atoms with van der Waals surface area (Å²) in [6.07, 6.45) is 5.05. The highest BCUT2D eigenvalue weighted by molar-refractivity contribution is 5.81. The average Bonchev–Trinajstić information content (AvgIpc) is 2.96. The van der Waals surface area contributed by atoms with Crippen LogP contribution in [-0.4, -0.2) is 48.5 Å². The summed E-state index contributed by atoms with van der Waals surface area (Å²) < 4.78 is 0. The van der Waals surface area contributed by atoms with Gasteiger partial charge in [-0.1, -0.05) is 24.6 Å². The topological polar surface area (TPSA) is 48.5 Å². The van der Waals surface area contributed by atoms with Crippen molar-refractivity contribution in [1.29, 1.82) is 0 Å². The third kappa shape index (κ3) is 3.40. The number of hydrogen-bond donors (Lipinski definition) is 1. The average molecular weight is 352 g/mol. The summed E-state index contributed by atoms with van der Waals surface area (Å²) in [6, 6.07) is 11.3. The molecule has 0 unspecified atom stereocenters. The minimum Gasteiger partial charge on any atom is -0.362 e. The van der Waals surface area contributed by atoms with E-state index in [1.807, 2.05) is 6.07 Å². The summed E-state index contributed by atoms with van der Waals surface area (Å²) in [6.45, 7) is 1.93. The zero-order valence-electron chi connectivity index (χ0n) is 15.7. The summed E-state index contributed by atoms with van der Waals surface area (Å²) in [5.74, 6) is 1.27. The van der Waals surface area contributed by atoms with Gasteiger partial charge in [-0.3, -0.25) is 9.69 Å². The zero-order valence-corrected chi connectivity index (χ0v) is 15.7. The first-order valence-electron chi connectivity index (χ1n) is 9.71. The van der Waals surface area contributed by atoms with Gasteiger partial charge in [0.15, 0.2) is 0 Å². The molecule has 138 valence electrons. The van der Waals surface area contributed by atoms with Crippen molar-refractivity contribution in [3.8, 4) is 0 Å². The van der Waals surface area contributed by atoms with Crippen LogP contribution in [0.2, 0.25) is 0 Å². The van der Waals surface area contributed by atoms with Crippen LogP contribution in [0.5, 0.6) is 0 Å². The molecule has 0 aliphatic carbocycles. The van der Waals surface area contributed by atoms with Crippen LogP contribution in [0.4, 0.5) is 5.82 Å². The molecule has 5 nitrogen and oxygen atoms in total. The second-order valence-corrected chi connectivity index (χ2v) is 7.80. The number of nitrogens with zero attached hydrogens (tertiary/aromatic N) is 3. The molecule has 2 fully saturated rings. The van der Waals surface area contributed by atoms with Gasteiger partial charge in [-0.2, -0.15) is 0 Å². The molecule has 0 saturated carbocycles. The van der Waals surface area contributed by atoms with E-state index in [0.29, 0.717) is 18.5 Å². The number of carbonyl (C=O) groups excluding carboxylic acids is 1. The number of carbonyl (C=O) groups is 1. The molecule has 1 aromatic carbocycles. The van der Waals surface area contributed by atoms with Gasteiger partial charge >= 0.3 is 0 Å². The van der Waals surface area contributed by atoms with E-state index in [1.165, 1.54) is 17.4 Å². The fourth-order valence-corrected chi connectivity index (χ4v) is 4.46. The first kappa shape index (κ1) is 17.3. The summed E-state index contributed by atoms with van der Waals surface area (Å²) in [5.41, 5.74) is 2.31. The van der Waals surface area contributed by atoms with Crippen LogP contribution in [0.15, 0.2) is 30.3 Å². The number of pyridine rings is 1. The monoisotopic (exact) mass is 352 g/mol. The predicted octanol–water partition coefficient (Wildman–Crippen LogP) is 2.93. The minimum absolute atomic E-state index is 0.225. The Morgan fingerprint density at radius 2 is 2.08 bits per heavy atom. The van der Waals surface area contributed by atoms with E-state index in [4.69, 9.17) is 4.98 Å². The molecule has 1 amide bonds. The lowest BCUT2D eigenvalue weighted by Gasteiger charge is -2.31.